The predicted octanol–water partition coefficient (Wildman–Crippen LogP) is 2.82. The molecule has 1 heterocycles. The van der Waals surface area contributed by atoms with Gasteiger partial charge in [0.2, 0.25) is 0 Å². The van der Waals surface area contributed by atoms with E-state index in [0.717, 1.165) is 28.5 Å². The Morgan fingerprint density at radius 3 is 2.50 bits per heavy atom. The van der Waals surface area contributed by atoms with Gasteiger partial charge in [0.05, 0.1) is 6.20 Å². The van der Waals surface area contributed by atoms with Crippen molar-refractivity contribution in [2.75, 3.05) is 6.54 Å². The first-order valence-electron chi connectivity index (χ1n) is 5.80. The van der Waals surface area contributed by atoms with Gasteiger partial charge in [-0.15, -0.1) is 0 Å². The van der Waals surface area contributed by atoms with E-state index in [1.165, 1.54) is 0 Å². The zero-order valence-corrected chi connectivity index (χ0v) is 10.7. The number of nitrogens with zero attached hydrogens (tertiary/aromatic N) is 1. The number of halogens is 1. The van der Waals surface area contributed by atoms with Crippen LogP contribution in [0.25, 0.3) is 0 Å². The summed E-state index contributed by atoms with van der Waals surface area (Å²) < 4.78 is 5.63. The summed E-state index contributed by atoms with van der Waals surface area (Å²) >= 11 is 5.81. The molecular formula is C14H15ClN2O. The third-order valence-corrected chi connectivity index (χ3v) is 2.77. The van der Waals surface area contributed by atoms with Crippen molar-refractivity contribution in [2.45, 2.75) is 13.0 Å². The van der Waals surface area contributed by atoms with E-state index in [1.807, 2.05) is 36.4 Å². The normalized spacial score (nSPS) is 10.3. The first kappa shape index (κ1) is 12.9. The third-order valence-electron chi connectivity index (χ3n) is 2.52. The van der Waals surface area contributed by atoms with Gasteiger partial charge in [-0.3, -0.25) is 4.98 Å². The van der Waals surface area contributed by atoms with E-state index in [2.05, 4.69) is 4.98 Å². The van der Waals surface area contributed by atoms with E-state index in [4.69, 9.17) is 22.1 Å². The quantitative estimate of drug-likeness (QED) is 0.901. The molecule has 2 N–H and O–H groups in total. The Hall–Kier alpha value is -1.58. The van der Waals surface area contributed by atoms with Crippen LogP contribution in [0.4, 0.5) is 0 Å². The molecule has 0 aliphatic rings. The van der Waals surface area contributed by atoms with E-state index in [9.17, 15) is 0 Å². The highest BCUT2D eigenvalue weighted by Gasteiger charge is 1.98. The summed E-state index contributed by atoms with van der Waals surface area (Å²) in [5.74, 6) is 0.755. The van der Waals surface area contributed by atoms with Crippen molar-refractivity contribution in [3.05, 3.63) is 58.9 Å². The number of pyridine rings is 1. The molecule has 2 aromatic rings. The molecule has 0 saturated carbocycles. The van der Waals surface area contributed by atoms with Crippen LogP contribution in [0.5, 0.6) is 5.75 Å². The lowest BCUT2D eigenvalue weighted by Crippen LogP contribution is -2.04. The molecule has 0 aliphatic heterocycles. The number of benzene rings is 1. The lowest BCUT2D eigenvalue weighted by molar-refractivity contribution is 0.305. The summed E-state index contributed by atoms with van der Waals surface area (Å²) in [6.45, 7) is 1.12. The second-order valence-corrected chi connectivity index (χ2v) is 4.38. The first-order chi connectivity index (χ1) is 8.78. The highest BCUT2D eigenvalue weighted by molar-refractivity contribution is 6.30. The zero-order chi connectivity index (χ0) is 12.8. The van der Waals surface area contributed by atoms with Crippen molar-refractivity contribution >= 4 is 11.6 Å². The van der Waals surface area contributed by atoms with Crippen LogP contribution < -0.4 is 10.5 Å². The number of rotatable bonds is 5. The molecule has 0 atom stereocenters. The molecule has 1 aromatic carbocycles. The van der Waals surface area contributed by atoms with E-state index < -0.39 is 0 Å². The van der Waals surface area contributed by atoms with Crippen LogP contribution in [0, 0.1) is 0 Å². The van der Waals surface area contributed by atoms with Crippen LogP contribution in [0.2, 0.25) is 5.02 Å². The number of hydrogen-bond donors (Lipinski definition) is 1. The predicted molar refractivity (Wildman–Crippen MR) is 72.8 cm³/mol. The molecular weight excluding hydrogens is 248 g/mol. The van der Waals surface area contributed by atoms with Crippen molar-refractivity contribution < 1.29 is 4.74 Å². The minimum Gasteiger partial charge on any atom is -0.487 e. The SMILES string of the molecule is NCCc1ccc(OCc2ccc(Cl)cc2)cn1. The largest absolute Gasteiger partial charge is 0.487 e. The third kappa shape index (κ3) is 3.72. The first-order valence-corrected chi connectivity index (χ1v) is 6.18. The Bertz CT molecular complexity index is 482. The number of hydrogen-bond acceptors (Lipinski definition) is 3. The molecule has 0 bridgehead atoms. The van der Waals surface area contributed by atoms with Gasteiger partial charge in [0.15, 0.2) is 0 Å². The van der Waals surface area contributed by atoms with Crippen molar-refractivity contribution in [2.24, 2.45) is 5.73 Å². The summed E-state index contributed by atoms with van der Waals surface area (Å²) in [7, 11) is 0. The van der Waals surface area contributed by atoms with Gasteiger partial charge in [0, 0.05) is 17.1 Å². The maximum absolute atomic E-state index is 5.81. The fourth-order valence-electron chi connectivity index (χ4n) is 1.54. The van der Waals surface area contributed by atoms with E-state index in [-0.39, 0.29) is 0 Å². The molecule has 0 saturated heterocycles. The van der Waals surface area contributed by atoms with Crippen LogP contribution in [0.1, 0.15) is 11.3 Å². The fraction of sp³-hybridized carbons (Fsp3) is 0.214. The van der Waals surface area contributed by atoms with Gasteiger partial charge < -0.3 is 10.5 Å². The highest BCUT2D eigenvalue weighted by Crippen LogP contribution is 2.14. The molecule has 3 nitrogen and oxygen atoms in total. The van der Waals surface area contributed by atoms with Crippen LogP contribution in [0.15, 0.2) is 42.6 Å². The van der Waals surface area contributed by atoms with Gasteiger partial charge in [-0.25, -0.2) is 0 Å². The van der Waals surface area contributed by atoms with Gasteiger partial charge in [-0.1, -0.05) is 23.7 Å². The number of aromatic nitrogens is 1. The van der Waals surface area contributed by atoms with Gasteiger partial charge in [0.1, 0.15) is 12.4 Å². The summed E-state index contributed by atoms with van der Waals surface area (Å²) in [5, 5.41) is 0.728. The second kappa shape index (κ2) is 6.38. The molecule has 0 spiro atoms. The molecule has 2 rings (SSSR count). The Morgan fingerprint density at radius 2 is 1.89 bits per heavy atom. The second-order valence-electron chi connectivity index (χ2n) is 3.94. The van der Waals surface area contributed by atoms with Gasteiger partial charge in [-0.2, -0.15) is 0 Å². The molecule has 0 radical (unpaired) electrons. The van der Waals surface area contributed by atoms with Crippen molar-refractivity contribution in [3.8, 4) is 5.75 Å². The van der Waals surface area contributed by atoms with Crippen LogP contribution in [-0.4, -0.2) is 11.5 Å². The molecule has 94 valence electrons. The minimum atomic E-state index is 0.509. The number of ether oxygens (including phenoxy) is 1. The maximum Gasteiger partial charge on any atom is 0.138 e. The van der Waals surface area contributed by atoms with E-state index >= 15 is 0 Å². The minimum absolute atomic E-state index is 0.509. The average molecular weight is 263 g/mol. The molecule has 0 aliphatic carbocycles. The summed E-state index contributed by atoms with van der Waals surface area (Å²) in [6.07, 6.45) is 2.51. The summed E-state index contributed by atoms with van der Waals surface area (Å²) in [5.41, 5.74) is 7.52. The van der Waals surface area contributed by atoms with Crippen molar-refractivity contribution in [1.29, 1.82) is 0 Å². The lowest BCUT2D eigenvalue weighted by atomic mass is 10.2. The van der Waals surface area contributed by atoms with Crippen LogP contribution in [-0.2, 0) is 13.0 Å². The topological polar surface area (TPSA) is 48.1 Å². The Labute approximate surface area is 112 Å². The van der Waals surface area contributed by atoms with Gasteiger partial charge in [-0.05, 0) is 36.4 Å². The van der Waals surface area contributed by atoms with Crippen molar-refractivity contribution in [3.63, 3.8) is 0 Å². The monoisotopic (exact) mass is 262 g/mol. The Morgan fingerprint density at radius 1 is 1.11 bits per heavy atom. The van der Waals surface area contributed by atoms with Gasteiger partial charge >= 0.3 is 0 Å². The van der Waals surface area contributed by atoms with E-state index in [1.54, 1.807) is 6.20 Å². The summed E-state index contributed by atoms with van der Waals surface area (Å²) in [4.78, 5) is 4.27. The van der Waals surface area contributed by atoms with E-state index in [0.29, 0.717) is 13.2 Å². The van der Waals surface area contributed by atoms with Gasteiger partial charge in [0.25, 0.3) is 0 Å². The van der Waals surface area contributed by atoms with Crippen LogP contribution >= 0.6 is 11.6 Å². The molecule has 1 aromatic heterocycles. The fourth-order valence-corrected chi connectivity index (χ4v) is 1.67. The molecule has 0 fully saturated rings. The molecule has 18 heavy (non-hydrogen) atoms. The standard InChI is InChI=1S/C14H15ClN2O/c15-12-3-1-11(2-4-12)10-18-14-6-5-13(7-8-16)17-9-14/h1-6,9H,7-8,10,16H2. The summed E-state index contributed by atoms with van der Waals surface area (Å²) in [6, 6.07) is 11.4. The number of nitrogens with two attached hydrogens (primary N) is 1. The lowest BCUT2D eigenvalue weighted by Gasteiger charge is -2.06. The van der Waals surface area contributed by atoms with Crippen LogP contribution in [0.3, 0.4) is 0 Å². The van der Waals surface area contributed by atoms with Crippen molar-refractivity contribution in [1.82, 2.24) is 4.98 Å². The molecule has 4 heteroatoms. The average Bonchev–Trinajstić information content (AvgIpc) is 2.40. The Balaban J connectivity index is 1.91. The maximum atomic E-state index is 5.81. The molecule has 0 amide bonds. The molecule has 0 unspecified atom stereocenters. The zero-order valence-electron chi connectivity index (χ0n) is 9.97. The highest BCUT2D eigenvalue weighted by atomic mass is 35.5. The smallest absolute Gasteiger partial charge is 0.138 e. The Kier molecular flexibility index (Phi) is 4.56.